The number of anilines is 1. The molecule has 0 bridgehead atoms. The third-order valence-electron chi connectivity index (χ3n) is 5.22. The molecule has 2 heterocycles. The van der Waals surface area contributed by atoms with Gasteiger partial charge < -0.3 is 5.32 Å². The predicted octanol–water partition coefficient (Wildman–Crippen LogP) is 5.92. The average Bonchev–Trinajstić information content (AvgIpc) is 3.06. The second kappa shape index (κ2) is 6.50. The molecule has 0 aliphatic rings. The Morgan fingerprint density at radius 2 is 1.64 bits per heavy atom. The molecule has 5 rings (SSSR count). The Morgan fingerprint density at radius 1 is 0.893 bits per heavy atom. The second-order valence-corrected chi connectivity index (χ2v) is 7.57. The van der Waals surface area contributed by atoms with Crippen LogP contribution in [0.5, 0.6) is 0 Å². The van der Waals surface area contributed by atoms with Gasteiger partial charge in [0, 0.05) is 17.0 Å². The van der Waals surface area contributed by atoms with Crippen molar-refractivity contribution < 1.29 is 0 Å². The highest BCUT2D eigenvalue weighted by Crippen LogP contribution is 2.28. The van der Waals surface area contributed by atoms with Crippen molar-refractivity contribution >= 4 is 45.1 Å². The van der Waals surface area contributed by atoms with Crippen LogP contribution in [0.1, 0.15) is 16.7 Å². The van der Waals surface area contributed by atoms with Crippen molar-refractivity contribution in [2.45, 2.75) is 20.4 Å². The van der Waals surface area contributed by atoms with E-state index < -0.39 is 0 Å². The van der Waals surface area contributed by atoms with Gasteiger partial charge in [-0.15, -0.1) is 0 Å². The standard InChI is InChI=1S/C23H19ClN4/c1-14-11-20-21(12-15(14)2)28-22(26-20)18-5-3-4-6-19(18)27-23(28)25-13-16-7-9-17(24)10-8-16/h3-12H,13H2,1-2H3,(H,25,27). The van der Waals surface area contributed by atoms with Crippen molar-refractivity contribution in [3.8, 4) is 0 Å². The molecule has 5 heteroatoms. The van der Waals surface area contributed by atoms with E-state index in [1.807, 2.05) is 42.5 Å². The van der Waals surface area contributed by atoms with Crippen LogP contribution in [0.25, 0.3) is 27.6 Å². The zero-order valence-electron chi connectivity index (χ0n) is 15.7. The van der Waals surface area contributed by atoms with Crippen molar-refractivity contribution in [3.05, 3.63) is 82.4 Å². The number of hydrogen-bond donors (Lipinski definition) is 1. The fraction of sp³-hybridized carbons (Fsp3) is 0.130. The van der Waals surface area contributed by atoms with E-state index in [2.05, 4.69) is 41.8 Å². The molecule has 3 aromatic carbocycles. The van der Waals surface area contributed by atoms with E-state index in [9.17, 15) is 0 Å². The van der Waals surface area contributed by atoms with Gasteiger partial charge in [0.25, 0.3) is 0 Å². The number of rotatable bonds is 3. The number of fused-ring (bicyclic) bond motifs is 5. The highest BCUT2D eigenvalue weighted by Gasteiger charge is 2.14. The lowest BCUT2D eigenvalue weighted by Crippen LogP contribution is -2.07. The Kier molecular flexibility index (Phi) is 3.95. The number of aryl methyl sites for hydroxylation is 2. The Morgan fingerprint density at radius 3 is 2.46 bits per heavy atom. The summed E-state index contributed by atoms with van der Waals surface area (Å²) >= 11 is 6.01. The van der Waals surface area contributed by atoms with Crippen LogP contribution in [0.3, 0.4) is 0 Å². The topological polar surface area (TPSA) is 42.2 Å². The van der Waals surface area contributed by atoms with Crippen molar-refractivity contribution in [2.75, 3.05) is 5.32 Å². The maximum atomic E-state index is 6.01. The number of para-hydroxylation sites is 1. The molecule has 0 amide bonds. The highest BCUT2D eigenvalue weighted by atomic mass is 35.5. The molecule has 0 unspecified atom stereocenters. The Bertz CT molecular complexity index is 1340. The fourth-order valence-electron chi connectivity index (χ4n) is 3.55. The first kappa shape index (κ1) is 17.0. The van der Waals surface area contributed by atoms with E-state index in [0.29, 0.717) is 6.54 Å². The first-order valence-electron chi connectivity index (χ1n) is 9.26. The summed E-state index contributed by atoms with van der Waals surface area (Å²) in [5.41, 5.74) is 7.52. The third-order valence-corrected chi connectivity index (χ3v) is 5.47. The molecule has 28 heavy (non-hydrogen) atoms. The Balaban J connectivity index is 1.73. The molecule has 5 aromatic rings. The molecular weight excluding hydrogens is 368 g/mol. The molecule has 0 spiro atoms. The summed E-state index contributed by atoms with van der Waals surface area (Å²) < 4.78 is 2.13. The molecule has 0 saturated heterocycles. The molecule has 0 saturated carbocycles. The molecule has 0 fully saturated rings. The van der Waals surface area contributed by atoms with Gasteiger partial charge in [0.05, 0.1) is 16.6 Å². The third kappa shape index (κ3) is 2.77. The smallest absolute Gasteiger partial charge is 0.210 e. The van der Waals surface area contributed by atoms with Gasteiger partial charge in [-0.25, -0.2) is 9.97 Å². The summed E-state index contributed by atoms with van der Waals surface area (Å²) in [6.45, 7) is 4.90. The van der Waals surface area contributed by atoms with E-state index in [4.69, 9.17) is 21.6 Å². The van der Waals surface area contributed by atoms with Gasteiger partial charge >= 0.3 is 0 Å². The zero-order chi connectivity index (χ0) is 19.3. The fourth-order valence-corrected chi connectivity index (χ4v) is 3.68. The van der Waals surface area contributed by atoms with Gasteiger partial charge in [0.15, 0.2) is 0 Å². The maximum absolute atomic E-state index is 6.01. The van der Waals surface area contributed by atoms with Crippen molar-refractivity contribution in [3.63, 3.8) is 0 Å². The lowest BCUT2D eigenvalue weighted by molar-refractivity contribution is 1.05. The second-order valence-electron chi connectivity index (χ2n) is 7.13. The molecule has 1 N–H and O–H groups in total. The molecule has 0 radical (unpaired) electrons. The number of nitrogens with one attached hydrogen (secondary N) is 1. The normalized spacial score (nSPS) is 11.5. The molecule has 0 atom stereocenters. The molecule has 0 aliphatic carbocycles. The van der Waals surface area contributed by atoms with Crippen LogP contribution in [0.15, 0.2) is 60.7 Å². The van der Waals surface area contributed by atoms with Gasteiger partial charge in [-0.2, -0.15) is 0 Å². The summed E-state index contributed by atoms with van der Waals surface area (Å²) in [6.07, 6.45) is 0. The minimum atomic E-state index is 0.655. The van der Waals surface area contributed by atoms with E-state index >= 15 is 0 Å². The number of halogens is 1. The number of aromatic nitrogens is 3. The summed E-state index contributed by atoms with van der Waals surface area (Å²) in [5, 5.41) is 5.28. The van der Waals surface area contributed by atoms with E-state index in [1.165, 1.54) is 11.1 Å². The lowest BCUT2D eigenvalue weighted by Gasteiger charge is -2.11. The van der Waals surface area contributed by atoms with Crippen LogP contribution < -0.4 is 5.32 Å². The van der Waals surface area contributed by atoms with Crippen LogP contribution in [-0.2, 0) is 6.54 Å². The van der Waals surface area contributed by atoms with Gasteiger partial charge in [0.1, 0.15) is 5.65 Å². The van der Waals surface area contributed by atoms with Gasteiger partial charge in [0.2, 0.25) is 5.95 Å². The molecule has 138 valence electrons. The van der Waals surface area contributed by atoms with Crippen molar-refractivity contribution in [1.29, 1.82) is 0 Å². The highest BCUT2D eigenvalue weighted by molar-refractivity contribution is 6.30. The van der Waals surface area contributed by atoms with Crippen LogP contribution >= 0.6 is 11.6 Å². The number of imidazole rings is 1. The average molecular weight is 387 g/mol. The maximum Gasteiger partial charge on any atom is 0.210 e. The quantitative estimate of drug-likeness (QED) is 0.418. The first-order chi connectivity index (χ1) is 13.6. The number of hydrogen-bond acceptors (Lipinski definition) is 3. The predicted molar refractivity (Wildman–Crippen MR) is 116 cm³/mol. The summed E-state index contributed by atoms with van der Waals surface area (Å²) in [4.78, 5) is 9.83. The van der Waals surface area contributed by atoms with Crippen LogP contribution in [0, 0.1) is 13.8 Å². The van der Waals surface area contributed by atoms with E-state index in [1.54, 1.807) is 0 Å². The van der Waals surface area contributed by atoms with Crippen molar-refractivity contribution in [2.24, 2.45) is 0 Å². The SMILES string of the molecule is Cc1cc2nc3c4ccccc4nc(NCc4ccc(Cl)cc4)n3c2cc1C. The largest absolute Gasteiger partial charge is 0.351 e. The Hall–Kier alpha value is -3.11. The first-order valence-corrected chi connectivity index (χ1v) is 9.64. The molecule has 2 aromatic heterocycles. The van der Waals surface area contributed by atoms with E-state index in [0.717, 1.165) is 44.1 Å². The number of benzene rings is 3. The summed E-state index contributed by atoms with van der Waals surface area (Å²) in [5.74, 6) is 0.786. The van der Waals surface area contributed by atoms with Gasteiger partial charge in [-0.3, -0.25) is 4.40 Å². The zero-order valence-corrected chi connectivity index (χ0v) is 16.5. The minimum absolute atomic E-state index is 0.655. The van der Waals surface area contributed by atoms with Gasteiger partial charge in [-0.1, -0.05) is 35.9 Å². The van der Waals surface area contributed by atoms with Crippen molar-refractivity contribution in [1.82, 2.24) is 14.4 Å². The molecule has 0 aliphatic heterocycles. The van der Waals surface area contributed by atoms with Gasteiger partial charge in [-0.05, 0) is 66.9 Å². The lowest BCUT2D eigenvalue weighted by atomic mass is 10.1. The summed E-state index contributed by atoms with van der Waals surface area (Å²) in [7, 11) is 0. The van der Waals surface area contributed by atoms with Crippen LogP contribution in [0.4, 0.5) is 5.95 Å². The van der Waals surface area contributed by atoms with Crippen LogP contribution in [0.2, 0.25) is 5.02 Å². The molecule has 4 nitrogen and oxygen atoms in total. The van der Waals surface area contributed by atoms with E-state index in [-0.39, 0.29) is 0 Å². The molecular formula is C23H19ClN4. The Labute approximate surface area is 167 Å². The number of nitrogens with zero attached hydrogens (tertiary/aromatic N) is 3. The summed E-state index contributed by atoms with van der Waals surface area (Å²) in [6, 6.07) is 20.3. The monoisotopic (exact) mass is 386 g/mol. The minimum Gasteiger partial charge on any atom is -0.351 e. The van der Waals surface area contributed by atoms with Crippen LogP contribution in [-0.4, -0.2) is 14.4 Å².